The number of rotatable bonds is 10. The number of nitrogens with zero attached hydrogens (tertiary/aromatic N) is 3. The van der Waals surface area contributed by atoms with Crippen molar-refractivity contribution in [2.24, 2.45) is 0 Å². The lowest BCUT2D eigenvalue weighted by molar-refractivity contribution is 0.0943. The van der Waals surface area contributed by atoms with Gasteiger partial charge < -0.3 is 9.47 Å². The highest BCUT2D eigenvalue weighted by Crippen LogP contribution is 2.28. The van der Waals surface area contributed by atoms with Gasteiger partial charge in [0, 0.05) is 24.8 Å². The van der Waals surface area contributed by atoms with Crippen LogP contribution in [0.5, 0.6) is 5.75 Å². The Labute approximate surface area is 230 Å². The van der Waals surface area contributed by atoms with Gasteiger partial charge in [-0.3, -0.25) is 24.0 Å². The second kappa shape index (κ2) is 11.7. The molecule has 1 atom stereocenters. The normalized spacial score (nSPS) is 17.7. The lowest BCUT2D eigenvalue weighted by Crippen LogP contribution is -2.27. The number of cyclic esters (lactones) is 1. The molecule has 0 unspecified atom stereocenters. The number of hydrogen-bond acceptors (Lipinski definition) is 7. The molecule has 38 heavy (non-hydrogen) atoms. The fourth-order valence-electron chi connectivity index (χ4n) is 4.90. The molecule has 0 spiro atoms. The SMILES string of the molecule is Cc1cc(N2C[C@H](CCC(=O)c3ccc(Cl)s3)OC2=O)ccc1-n1cccc(OCCN2CCCC2)c1=O. The molecule has 1 aromatic carbocycles. The molecule has 4 heterocycles. The van der Waals surface area contributed by atoms with E-state index in [2.05, 4.69) is 4.90 Å². The van der Waals surface area contributed by atoms with Crippen molar-refractivity contribution in [1.29, 1.82) is 0 Å². The maximum absolute atomic E-state index is 13.1. The number of benzene rings is 1. The maximum Gasteiger partial charge on any atom is 0.414 e. The summed E-state index contributed by atoms with van der Waals surface area (Å²) < 4.78 is 13.5. The zero-order valence-corrected chi connectivity index (χ0v) is 22.8. The third-order valence-electron chi connectivity index (χ3n) is 6.94. The minimum absolute atomic E-state index is 0.00991. The third kappa shape index (κ3) is 5.95. The van der Waals surface area contributed by atoms with Crippen molar-refractivity contribution in [3.8, 4) is 11.4 Å². The van der Waals surface area contributed by atoms with Crippen molar-refractivity contribution in [3.05, 3.63) is 73.8 Å². The van der Waals surface area contributed by atoms with Gasteiger partial charge in [0.25, 0.3) is 5.56 Å². The van der Waals surface area contributed by atoms with Crippen molar-refractivity contribution in [1.82, 2.24) is 9.47 Å². The molecule has 0 bridgehead atoms. The number of ether oxygens (including phenoxy) is 2. The van der Waals surface area contributed by atoms with Gasteiger partial charge >= 0.3 is 6.09 Å². The van der Waals surface area contributed by atoms with Gasteiger partial charge in [0.15, 0.2) is 11.5 Å². The summed E-state index contributed by atoms with van der Waals surface area (Å²) in [6.45, 7) is 5.71. The number of aryl methyl sites for hydroxylation is 1. The number of aromatic nitrogens is 1. The van der Waals surface area contributed by atoms with E-state index in [9.17, 15) is 14.4 Å². The Morgan fingerprint density at radius 2 is 1.97 bits per heavy atom. The summed E-state index contributed by atoms with van der Waals surface area (Å²) in [7, 11) is 0. The standard InChI is InChI=1S/C28H30ClN3O5S/c1-19-17-20(32-18-21(37-28(32)35)7-9-23(33)25-10-11-26(29)38-25)6-8-22(19)31-14-4-5-24(27(31)34)36-16-15-30-12-2-3-13-30/h4-6,8,10-11,14,17,21H,2-3,7,9,12-13,15-16,18H2,1H3/t21-/m0/s1. The molecule has 2 saturated heterocycles. The number of carbonyl (C=O) groups excluding carboxylic acids is 2. The van der Waals surface area contributed by atoms with E-state index < -0.39 is 6.09 Å². The third-order valence-corrected chi connectivity index (χ3v) is 8.22. The number of pyridine rings is 1. The molecule has 2 aromatic heterocycles. The number of carbonyl (C=O) groups is 2. The second-order valence-corrected chi connectivity index (χ2v) is 11.3. The van der Waals surface area contributed by atoms with E-state index in [0.717, 1.165) is 25.2 Å². The van der Waals surface area contributed by atoms with E-state index in [1.54, 1.807) is 46.0 Å². The highest BCUT2D eigenvalue weighted by atomic mass is 35.5. The van der Waals surface area contributed by atoms with Crippen LogP contribution in [-0.4, -0.2) is 60.2 Å². The van der Waals surface area contributed by atoms with E-state index in [1.165, 1.54) is 24.2 Å². The van der Waals surface area contributed by atoms with Gasteiger partial charge in [0.2, 0.25) is 0 Å². The minimum atomic E-state index is -0.445. The second-order valence-electron chi connectivity index (χ2n) is 9.60. The summed E-state index contributed by atoms with van der Waals surface area (Å²) in [6.07, 6.45) is 4.05. The van der Waals surface area contributed by atoms with Crippen LogP contribution in [-0.2, 0) is 4.74 Å². The van der Waals surface area contributed by atoms with Crippen LogP contribution in [0, 0.1) is 6.92 Å². The molecular weight excluding hydrogens is 526 g/mol. The first-order valence-electron chi connectivity index (χ1n) is 12.8. The van der Waals surface area contributed by atoms with Gasteiger partial charge in [-0.15, -0.1) is 11.3 Å². The smallest absolute Gasteiger partial charge is 0.414 e. The quantitative estimate of drug-likeness (QED) is 0.315. The van der Waals surface area contributed by atoms with E-state index in [4.69, 9.17) is 21.1 Å². The first-order valence-corrected chi connectivity index (χ1v) is 14.0. The number of hydrogen-bond donors (Lipinski definition) is 0. The molecule has 10 heteroatoms. The number of ketones is 1. The summed E-state index contributed by atoms with van der Waals surface area (Å²) in [4.78, 5) is 42.6. The van der Waals surface area contributed by atoms with Crippen molar-refractivity contribution in [2.75, 3.05) is 37.7 Å². The largest absolute Gasteiger partial charge is 0.487 e. The highest BCUT2D eigenvalue weighted by Gasteiger charge is 2.33. The van der Waals surface area contributed by atoms with E-state index in [-0.39, 0.29) is 23.9 Å². The summed E-state index contributed by atoms with van der Waals surface area (Å²) in [6, 6.07) is 12.4. The summed E-state index contributed by atoms with van der Waals surface area (Å²) in [5, 5.41) is 0. The van der Waals surface area contributed by atoms with Crippen LogP contribution >= 0.6 is 22.9 Å². The van der Waals surface area contributed by atoms with Crippen LogP contribution in [0.15, 0.2) is 53.5 Å². The molecule has 2 aliphatic rings. The highest BCUT2D eigenvalue weighted by molar-refractivity contribution is 7.18. The first-order chi connectivity index (χ1) is 18.4. The Balaban J connectivity index is 1.22. The molecule has 8 nitrogen and oxygen atoms in total. The molecule has 3 aromatic rings. The van der Waals surface area contributed by atoms with E-state index in [1.807, 2.05) is 19.1 Å². The predicted molar refractivity (Wildman–Crippen MR) is 148 cm³/mol. The fraction of sp³-hybridized carbons (Fsp3) is 0.393. The Kier molecular flexibility index (Phi) is 8.16. The zero-order chi connectivity index (χ0) is 26.6. The van der Waals surface area contributed by atoms with Crippen LogP contribution in [0.1, 0.15) is 40.9 Å². The summed E-state index contributed by atoms with van der Waals surface area (Å²) >= 11 is 7.17. The zero-order valence-electron chi connectivity index (χ0n) is 21.2. The molecule has 5 rings (SSSR count). The summed E-state index contributed by atoms with van der Waals surface area (Å²) in [5.74, 6) is 0.310. The van der Waals surface area contributed by atoms with Gasteiger partial charge in [0.05, 0.1) is 21.4 Å². The summed E-state index contributed by atoms with van der Waals surface area (Å²) in [5.41, 5.74) is 2.01. The topological polar surface area (TPSA) is 81.1 Å². The van der Waals surface area contributed by atoms with Crippen LogP contribution in [0.2, 0.25) is 4.34 Å². The van der Waals surface area contributed by atoms with Crippen molar-refractivity contribution >= 4 is 40.5 Å². The molecular formula is C28H30ClN3O5S. The van der Waals surface area contributed by atoms with E-state index >= 15 is 0 Å². The molecule has 0 saturated carbocycles. The minimum Gasteiger partial charge on any atom is -0.487 e. The van der Waals surface area contributed by atoms with Gasteiger partial charge in [-0.25, -0.2) is 4.79 Å². The number of likely N-dealkylation sites (tertiary alicyclic amines) is 1. The lowest BCUT2D eigenvalue weighted by atomic mass is 10.1. The van der Waals surface area contributed by atoms with Crippen LogP contribution in [0.3, 0.4) is 0 Å². The van der Waals surface area contributed by atoms with Gasteiger partial charge in [-0.2, -0.15) is 0 Å². The average molecular weight is 556 g/mol. The molecule has 0 N–H and O–H groups in total. The molecule has 200 valence electrons. The van der Waals surface area contributed by atoms with Crippen molar-refractivity contribution in [2.45, 2.75) is 38.7 Å². The van der Waals surface area contributed by atoms with Gasteiger partial charge in [-0.1, -0.05) is 11.6 Å². The average Bonchev–Trinajstić information content (AvgIpc) is 3.66. The van der Waals surface area contributed by atoms with Crippen LogP contribution in [0.25, 0.3) is 5.69 Å². The molecule has 0 radical (unpaired) electrons. The first kappa shape index (κ1) is 26.5. The van der Waals surface area contributed by atoms with Crippen LogP contribution in [0.4, 0.5) is 10.5 Å². The Morgan fingerprint density at radius 3 is 2.71 bits per heavy atom. The molecule has 0 aliphatic carbocycles. The Hall–Kier alpha value is -3.14. The monoisotopic (exact) mass is 555 g/mol. The number of Topliss-reactive ketones (excluding diaryl/α,β-unsaturated/α-hetero) is 1. The number of halogens is 1. The molecule has 2 fully saturated rings. The predicted octanol–water partition coefficient (Wildman–Crippen LogP) is 5.32. The number of anilines is 1. The lowest BCUT2D eigenvalue weighted by Gasteiger charge is -2.17. The Bertz CT molecular complexity index is 1380. The van der Waals surface area contributed by atoms with Gasteiger partial charge in [0.1, 0.15) is 12.7 Å². The Morgan fingerprint density at radius 1 is 1.16 bits per heavy atom. The van der Waals surface area contributed by atoms with Gasteiger partial charge in [-0.05, 0) is 87.3 Å². The number of amides is 1. The van der Waals surface area contributed by atoms with Crippen molar-refractivity contribution in [3.63, 3.8) is 0 Å². The molecule has 1 amide bonds. The molecule has 2 aliphatic heterocycles. The number of thiophene rings is 1. The van der Waals surface area contributed by atoms with Crippen LogP contribution < -0.4 is 15.2 Å². The van der Waals surface area contributed by atoms with Crippen molar-refractivity contribution < 1.29 is 19.1 Å². The van der Waals surface area contributed by atoms with E-state index in [0.29, 0.717) is 45.9 Å². The maximum atomic E-state index is 13.1. The fourth-order valence-corrected chi connectivity index (χ4v) is 5.92.